The average Bonchev–Trinajstić information content (AvgIpc) is 3.13. The van der Waals surface area contributed by atoms with Gasteiger partial charge in [-0.25, -0.2) is 4.98 Å². The van der Waals surface area contributed by atoms with Crippen LogP contribution >= 0.6 is 11.6 Å². The van der Waals surface area contributed by atoms with E-state index in [0.717, 1.165) is 23.9 Å². The van der Waals surface area contributed by atoms with Gasteiger partial charge in [0, 0.05) is 25.0 Å². The zero-order chi connectivity index (χ0) is 17.3. The predicted octanol–water partition coefficient (Wildman–Crippen LogP) is 2.96. The van der Waals surface area contributed by atoms with E-state index in [1.165, 1.54) is 0 Å². The van der Waals surface area contributed by atoms with E-state index in [1.54, 1.807) is 17.0 Å². The Kier molecular flexibility index (Phi) is 4.76. The number of aryl methyl sites for hydroxylation is 1. The van der Waals surface area contributed by atoms with Gasteiger partial charge in [-0.3, -0.25) is 14.9 Å². The van der Waals surface area contributed by atoms with Crippen LogP contribution in [-0.4, -0.2) is 38.9 Å². The fraction of sp³-hybridized carbons (Fsp3) is 0.471. The molecule has 0 bridgehead atoms. The monoisotopic (exact) mass is 348 g/mol. The molecule has 2 heterocycles. The summed E-state index contributed by atoms with van der Waals surface area (Å²) in [6.45, 7) is 2.61. The Labute approximate surface area is 145 Å². The molecular formula is C17H21ClN4O2. The summed E-state index contributed by atoms with van der Waals surface area (Å²) in [7, 11) is 1.84. The second kappa shape index (κ2) is 6.81. The van der Waals surface area contributed by atoms with Crippen molar-refractivity contribution in [2.45, 2.75) is 38.6 Å². The van der Waals surface area contributed by atoms with Crippen LogP contribution in [-0.2, 0) is 16.6 Å². The number of nitrogens with one attached hydrogen (secondary N) is 1. The zero-order valence-corrected chi connectivity index (χ0v) is 14.6. The minimum atomic E-state index is -0.410. The van der Waals surface area contributed by atoms with Crippen LogP contribution < -0.4 is 5.32 Å². The molecule has 1 atom stereocenters. The highest BCUT2D eigenvalue weighted by Crippen LogP contribution is 2.24. The number of aromatic nitrogens is 2. The quantitative estimate of drug-likeness (QED) is 0.923. The number of amides is 2. The normalized spacial score (nSPS) is 17.5. The molecule has 1 aliphatic heterocycles. The molecule has 3 rings (SSSR count). The number of fused-ring (bicyclic) bond motifs is 1. The topological polar surface area (TPSA) is 67.2 Å². The van der Waals surface area contributed by atoms with Gasteiger partial charge < -0.3 is 9.47 Å². The summed E-state index contributed by atoms with van der Waals surface area (Å²) in [5, 5.41) is 3.47. The summed E-state index contributed by atoms with van der Waals surface area (Å²) in [6, 6.07) is 5.01. The molecule has 6 nitrogen and oxygen atoms in total. The van der Waals surface area contributed by atoms with Gasteiger partial charge in [-0.15, -0.1) is 0 Å². The summed E-state index contributed by atoms with van der Waals surface area (Å²) >= 11 is 5.99. The summed E-state index contributed by atoms with van der Waals surface area (Å²) in [4.78, 5) is 30.9. The van der Waals surface area contributed by atoms with Crippen molar-refractivity contribution in [2.24, 2.45) is 7.05 Å². The molecule has 1 fully saturated rings. The lowest BCUT2D eigenvalue weighted by atomic mass is 10.2. The maximum absolute atomic E-state index is 12.6. The van der Waals surface area contributed by atoms with Gasteiger partial charge in [-0.05, 0) is 37.5 Å². The van der Waals surface area contributed by atoms with E-state index in [0.29, 0.717) is 30.4 Å². The highest BCUT2D eigenvalue weighted by molar-refractivity contribution is 6.31. The lowest BCUT2D eigenvalue weighted by Crippen LogP contribution is -2.43. The van der Waals surface area contributed by atoms with Crippen molar-refractivity contribution >= 4 is 40.4 Å². The maximum atomic E-state index is 12.6. The maximum Gasteiger partial charge on any atom is 0.249 e. The first kappa shape index (κ1) is 16.8. The first-order chi connectivity index (χ1) is 11.5. The molecule has 7 heteroatoms. The molecule has 2 amide bonds. The molecule has 1 aliphatic rings. The third-order valence-corrected chi connectivity index (χ3v) is 4.65. The fourth-order valence-corrected chi connectivity index (χ4v) is 3.34. The number of nitrogens with zero attached hydrogens (tertiary/aromatic N) is 3. The van der Waals surface area contributed by atoms with Gasteiger partial charge in [-0.2, -0.15) is 0 Å². The van der Waals surface area contributed by atoms with Crippen LogP contribution in [0.1, 0.15) is 32.6 Å². The Morgan fingerprint density at radius 3 is 2.96 bits per heavy atom. The van der Waals surface area contributed by atoms with Crippen molar-refractivity contribution in [1.82, 2.24) is 14.5 Å². The number of rotatable bonds is 4. The van der Waals surface area contributed by atoms with Crippen LogP contribution in [0.4, 0.5) is 5.95 Å². The molecule has 0 radical (unpaired) electrons. The van der Waals surface area contributed by atoms with Gasteiger partial charge in [0.2, 0.25) is 17.8 Å². The van der Waals surface area contributed by atoms with Gasteiger partial charge in [0.1, 0.15) is 6.04 Å². The molecule has 1 aromatic carbocycles. The smallest absolute Gasteiger partial charge is 0.249 e. The van der Waals surface area contributed by atoms with Gasteiger partial charge in [0.25, 0.3) is 0 Å². The fourth-order valence-electron chi connectivity index (χ4n) is 3.17. The first-order valence-electron chi connectivity index (χ1n) is 8.23. The zero-order valence-electron chi connectivity index (χ0n) is 13.9. The summed E-state index contributed by atoms with van der Waals surface area (Å²) < 4.78 is 1.82. The minimum Gasteiger partial charge on any atom is -0.331 e. The average molecular weight is 349 g/mol. The third-order valence-electron chi connectivity index (χ3n) is 4.42. The molecule has 0 unspecified atom stereocenters. The second-order valence-electron chi connectivity index (χ2n) is 6.11. The molecule has 2 aromatic rings. The Morgan fingerprint density at radius 1 is 1.42 bits per heavy atom. The number of halogens is 1. The van der Waals surface area contributed by atoms with Crippen LogP contribution in [0.15, 0.2) is 18.2 Å². The Bertz CT molecular complexity index is 786. The summed E-state index contributed by atoms with van der Waals surface area (Å²) in [5.41, 5.74) is 1.62. The van der Waals surface area contributed by atoms with Crippen molar-refractivity contribution in [2.75, 3.05) is 11.9 Å². The molecular weight excluding hydrogens is 328 g/mol. The van der Waals surface area contributed by atoms with E-state index < -0.39 is 6.04 Å². The largest absolute Gasteiger partial charge is 0.331 e. The second-order valence-corrected chi connectivity index (χ2v) is 6.55. The molecule has 128 valence electrons. The Hall–Kier alpha value is -2.08. The molecule has 0 aliphatic carbocycles. The summed E-state index contributed by atoms with van der Waals surface area (Å²) in [5.74, 6) is 0.334. The summed E-state index contributed by atoms with van der Waals surface area (Å²) in [6.07, 6.45) is 2.81. The van der Waals surface area contributed by atoms with Crippen molar-refractivity contribution in [3.8, 4) is 0 Å². The standard InChI is InChI=1S/C17H21ClN4O2/c1-3-5-15(23)22-9-4-6-14(22)16(24)20-17-19-12-10-11(18)7-8-13(12)21(17)2/h7-8,10,14H,3-6,9H2,1-2H3,(H,19,20,24)/t14-/m0/s1. The van der Waals surface area contributed by atoms with E-state index in [2.05, 4.69) is 10.3 Å². The van der Waals surface area contributed by atoms with Crippen LogP contribution in [0.25, 0.3) is 11.0 Å². The number of carbonyl (C=O) groups excluding carboxylic acids is 2. The highest BCUT2D eigenvalue weighted by Gasteiger charge is 2.34. The van der Waals surface area contributed by atoms with Crippen LogP contribution in [0.2, 0.25) is 5.02 Å². The van der Waals surface area contributed by atoms with Gasteiger partial charge in [-0.1, -0.05) is 18.5 Å². The highest BCUT2D eigenvalue weighted by atomic mass is 35.5. The third kappa shape index (κ3) is 3.11. The number of hydrogen-bond donors (Lipinski definition) is 1. The van der Waals surface area contributed by atoms with Gasteiger partial charge in [0.15, 0.2) is 0 Å². The number of anilines is 1. The van der Waals surface area contributed by atoms with E-state index in [9.17, 15) is 9.59 Å². The molecule has 1 aromatic heterocycles. The molecule has 0 saturated carbocycles. The number of hydrogen-bond acceptors (Lipinski definition) is 3. The molecule has 0 spiro atoms. The number of likely N-dealkylation sites (tertiary alicyclic amines) is 1. The predicted molar refractivity (Wildman–Crippen MR) is 94.0 cm³/mol. The van der Waals surface area contributed by atoms with Gasteiger partial charge >= 0.3 is 0 Å². The lowest BCUT2D eigenvalue weighted by molar-refractivity contribution is -0.136. The Balaban J connectivity index is 1.79. The van der Waals surface area contributed by atoms with E-state index in [-0.39, 0.29) is 11.8 Å². The molecule has 1 N–H and O–H groups in total. The number of imidazole rings is 1. The van der Waals surface area contributed by atoms with Crippen LogP contribution in [0.3, 0.4) is 0 Å². The van der Waals surface area contributed by atoms with Crippen LogP contribution in [0.5, 0.6) is 0 Å². The lowest BCUT2D eigenvalue weighted by Gasteiger charge is -2.23. The van der Waals surface area contributed by atoms with Crippen molar-refractivity contribution < 1.29 is 9.59 Å². The Morgan fingerprint density at radius 2 is 2.21 bits per heavy atom. The van der Waals surface area contributed by atoms with E-state index in [1.807, 2.05) is 24.6 Å². The number of benzene rings is 1. The molecule has 24 heavy (non-hydrogen) atoms. The number of carbonyl (C=O) groups is 2. The van der Waals surface area contributed by atoms with Crippen molar-refractivity contribution in [1.29, 1.82) is 0 Å². The van der Waals surface area contributed by atoms with E-state index >= 15 is 0 Å². The van der Waals surface area contributed by atoms with Crippen LogP contribution in [0, 0.1) is 0 Å². The SMILES string of the molecule is CCCC(=O)N1CCC[C@H]1C(=O)Nc1nc2cc(Cl)ccc2n1C. The first-order valence-corrected chi connectivity index (χ1v) is 8.61. The van der Waals surface area contributed by atoms with Gasteiger partial charge in [0.05, 0.1) is 11.0 Å². The van der Waals surface area contributed by atoms with Crippen molar-refractivity contribution in [3.05, 3.63) is 23.2 Å². The minimum absolute atomic E-state index is 0.0481. The molecule has 1 saturated heterocycles. The van der Waals surface area contributed by atoms with Crippen molar-refractivity contribution in [3.63, 3.8) is 0 Å². The van der Waals surface area contributed by atoms with E-state index in [4.69, 9.17) is 11.6 Å².